The Balaban J connectivity index is 1.73. The summed E-state index contributed by atoms with van der Waals surface area (Å²) >= 11 is 9.65. The molecule has 5 heteroatoms. The van der Waals surface area contributed by atoms with Gasteiger partial charge in [0.25, 0.3) is 0 Å². The van der Waals surface area contributed by atoms with Crippen LogP contribution < -0.4 is 14.8 Å². The van der Waals surface area contributed by atoms with Crippen LogP contribution in [0.2, 0.25) is 5.02 Å². The monoisotopic (exact) mass is 445 g/mol. The Morgan fingerprint density at radius 1 is 1.00 bits per heavy atom. The number of methoxy groups -OCH3 is 1. The number of ether oxygens (including phenoxy) is 2. The molecule has 3 rings (SSSR count). The Bertz CT molecular complexity index is 930. The topological polar surface area (TPSA) is 30.5 Å². The van der Waals surface area contributed by atoms with Gasteiger partial charge in [-0.1, -0.05) is 41.9 Å². The molecule has 0 fully saturated rings. The molecule has 0 atom stereocenters. The second-order valence-corrected chi connectivity index (χ2v) is 7.49. The molecule has 0 radical (unpaired) electrons. The van der Waals surface area contributed by atoms with E-state index >= 15 is 0 Å². The van der Waals surface area contributed by atoms with Gasteiger partial charge >= 0.3 is 0 Å². The van der Waals surface area contributed by atoms with E-state index in [1.807, 2.05) is 48.5 Å². The molecule has 0 bridgehead atoms. The van der Waals surface area contributed by atoms with Crippen LogP contribution in [0, 0.1) is 6.92 Å². The number of para-hydroxylation sites is 1. The van der Waals surface area contributed by atoms with Crippen molar-refractivity contribution in [2.45, 2.75) is 20.1 Å². The Kier molecular flexibility index (Phi) is 6.64. The molecule has 0 saturated heterocycles. The Morgan fingerprint density at radius 3 is 2.56 bits per heavy atom. The fourth-order valence-corrected chi connectivity index (χ4v) is 3.58. The van der Waals surface area contributed by atoms with Gasteiger partial charge in [-0.25, -0.2) is 0 Å². The maximum Gasteiger partial charge on any atom is 0.175 e. The molecule has 1 N–H and O–H groups in total. The zero-order valence-electron chi connectivity index (χ0n) is 15.3. The van der Waals surface area contributed by atoms with E-state index in [0.29, 0.717) is 29.7 Å². The van der Waals surface area contributed by atoms with Crippen molar-refractivity contribution in [1.29, 1.82) is 0 Å². The number of benzene rings is 3. The highest BCUT2D eigenvalue weighted by molar-refractivity contribution is 9.10. The summed E-state index contributed by atoms with van der Waals surface area (Å²) in [4.78, 5) is 0. The van der Waals surface area contributed by atoms with Crippen molar-refractivity contribution in [3.63, 3.8) is 0 Å². The number of hydrogen-bond acceptors (Lipinski definition) is 3. The first-order chi connectivity index (χ1) is 13.1. The summed E-state index contributed by atoms with van der Waals surface area (Å²) in [6.45, 7) is 3.19. The van der Waals surface area contributed by atoms with Crippen molar-refractivity contribution >= 4 is 33.2 Å². The van der Waals surface area contributed by atoms with Crippen molar-refractivity contribution in [1.82, 2.24) is 0 Å². The molecule has 0 heterocycles. The Morgan fingerprint density at radius 2 is 1.81 bits per heavy atom. The lowest BCUT2D eigenvalue weighted by Gasteiger charge is -2.16. The van der Waals surface area contributed by atoms with Crippen LogP contribution in [0.4, 0.5) is 5.69 Å². The molecule has 3 aromatic rings. The Hall–Kier alpha value is -2.17. The second kappa shape index (κ2) is 9.16. The number of hydrogen-bond donors (Lipinski definition) is 1. The van der Waals surface area contributed by atoms with Gasteiger partial charge in [-0.3, -0.25) is 0 Å². The lowest BCUT2D eigenvalue weighted by Crippen LogP contribution is -2.03. The second-order valence-electron chi connectivity index (χ2n) is 6.20. The van der Waals surface area contributed by atoms with Crippen molar-refractivity contribution in [2.24, 2.45) is 0 Å². The number of rotatable bonds is 7. The van der Waals surface area contributed by atoms with Crippen LogP contribution in [0.25, 0.3) is 0 Å². The molecule has 0 aliphatic carbocycles. The van der Waals surface area contributed by atoms with Crippen molar-refractivity contribution in [2.75, 3.05) is 12.4 Å². The fourth-order valence-electron chi connectivity index (χ4n) is 2.77. The first-order valence-corrected chi connectivity index (χ1v) is 9.77. The first-order valence-electron chi connectivity index (χ1n) is 8.60. The number of anilines is 1. The van der Waals surface area contributed by atoms with E-state index in [1.54, 1.807) is 7.11 Å². The third-order valence-corrected chi connectivity index (χ3v) is 5.01. The quantitative estimate of drug-likeness (QED) is 0.443. The van der Waals surface area contributed by atoms with Crippen molar-refractivity contribution in [3.8, 4) is 11.5 Å². The molecule has 0 aliphatic rings. The highest BCUT2D eigenvalue weighted by atomic mass is 79.9. The summed E-state index contributed by atoms with van der Waals surface area (Å²) < 4.78 is 12.4. The van der Waals surface area contributed by atoms with Gasteiger partial charge in [-0.15, -0.1) is 0 Å². The zero-order valence-corrected chi connectivity index (χ0v) is 17.6. The van der Waals surface area contributed by atoms with E-state index in [9.17, 15) is 0 Å². The predicted octanol–water partition coefficient (Wildman–Crippen LogP) is 6.61. The third-order valence-electron chi connectivity index (χ3n) is 4.19. The van der Waals surface area contributed by atoms with E-state index in [-0.39, 0.29) is 0 Å². The van der Waals surface area contributed by atoms with Gasteiger partial charge in [-0.05, 0) is 69.9 Å². The third kappa shape index (κ3) is 5.18. The van der Waals surface area contributed by atoms with E-state index in [4.69, 9.17) is 21.1 Å². The molecule has 0 saturated carbocycles. The first kappa shape index (κ1) is 19.6. The van der Waals surface area contributed by atoms with Crippen LogP contribution in [0.1, 0.15) is 16.7 Å². The number of halogens is 2. The van der Waals surface area contributed by atoms with Crippen molar-refractivity contribution in [3.05, 3.63) is 86.8 Å². The van der Waals surface area contributed by atoms with Crippen LogP contribution in [-0.4, -0.2) is 7.11 Å². The van der Waals surface area contributed by atoms with Crippen molar-refractivity contribution < 1.29 is 9.47 Å². The van der Waals surface area contributed by atoms with Gasteiger partial charge in [0.2, 0.25) is 0 Å². The molecule has 140 valence electrons. The fraction of sp³-hybridized carbons (Fsp3) is 0.182. The van der Waals surface area contributed by atoms with Crippen LogP contribution >= 0.6 is 27.5 Å². The molecular formula is C22H21BrClNO2. The smallest absolute Gasteiger partial charge is 0.175 e. The molecule has 0 unspecified atom stereocenters. The Labute approximate surface area is 173 Å². The van der Waals surface area contributed by atoms with Crippen LogP contribution in [0.5, 0.6) is 11.5 Å². The maximum atomic E-state index is 6.04. The molecule has 27 heavy (non-hydrogen) atoms. The highest BCUT2D eigenvalue weighted by Crippen LogP contribution is 2.37. The average molecular weight is 447 g/mol. The minimum atomic E-state index is 0.413. The summed E-state index contributed by atoms with van der Waals surface area (Å²) in [5.74, 6) is 1.37. The molecule has 0 spiro atoms. The summed E-state index contributed by atoms with van der Waals surface area (Å²) in [5.41, 5.74) is 4.43. The van der Waals surface area contributed by atoms with Crippen LogP contribution in [0.3, 0.4) is 0 Å². The van der Waals surface area contributed by atoms with Crippen LogP contribution in [0.15, 0.2) is 65.1 Å². The predicted molar refractivity (Wildman–Crippen MR) is 115 cm³/mol. The minimum Gasteiger partial charge on any atom is -0.493 e. The number of aryl methyl sites for hydroxylation is 1. The van der Waals surface area contributed by atoms with Gasteiger partial charge in [0.15, 0.2) is 11.5 Å². The molecule has 3 aromatic carbocycles. The van der Waals surface area contributed by atoms with Gasteiger partial charge in [-0.2, -0.15) is 0 Å². The minimum absolute atomic E-state index is 0.413. The highest BCUT2D eigenvalue weighted by Gasteiger charge is 2.12. The molecular weight excluding hydrogens is 426 g/mol. The number of nitrogens with one attached hydrogen (secondary N) is 1. The zero-order chi connectivity index (χ0) is 19.2. The molecule has 0 aromatic heterocycles. The average Bonchev–Trinajstić information content (AvgIpc) is 2.66. The van der Waals surface area contributed by atoms with Gasteiger partial charge in [0.05, 0.1) is 11.6 Å². The molecule has 0 aliphatic heterocycles. The van der Waals surface area contributed by atoms with E-state index in [2.05, 4.69) is 40.3 Å². The van der Waals surface area contributed by atoms with E-state index in [1.165, 1.54) is 5.56 Å². The van der Waals surface area contributed by atoms with Gasteiger partial charge < -0.3 is 14.8 Å². The van der Waals surface area contributed by atoms with Gasteiger partial charge in [0, 0.05) is 17.3 Å². The maximum absolute atomic E-state index is 6.04. The molecule has 3 nitrogen and oxygen atoms in total. The standard InChI is InChI=1S/C22H21BrClNO2/c1-15-6-3-4-9-20(15)25-13-17-11-19(23)22(21(12-17)26-2)27-14-16-7-5-8-18(24)10-16/h3-12,25H,13-14H2,1-2H3. The van der Waals surface area contributed by atoms with E-state index in [0.717, 1.165) is 21.3 Å². The summed E-state index contributed by atoms with van der Waals surface area (Å²) in [5, 5.41) is 4.15. The largest absolute Gasteiger partial charge is 0.493 e. The molecule has 0 amide bonds. The van der Waals surface area contributed by atoms with Crippen LogP contribution in [-0.2, 0) is 13.2 Å². The summed E-state index contributed by atoms with van der Waals surface area (Å²) in [6, 6.07) is 19.9. The summed E-state index contributed by atoms with van der Waals surface area (Å²) in [6.07, 6.45) is 0. The normalized spacial score (nSPS) is 10.5. The SMILES string of the molecule is COc1cc(CNc2ccccc2C)cc(Br)c1OCc1cccc(Cl)c1. The van der Waals surface area contributed by atoms with E-state index < -0.39 is 0 Å². The summed E-state index contributed by atoms with van der Waals surface area (Å²) in [7, 11) is 1.65. The van der Waals surface area contributed by atoms with Gasteiger partial charge in [0.1, 0.15) is 6.61 Å². The lowest BCUT2D eigenvalue weighted by molar-refractivity contribution is 0.282. The lowest BCUT2D eigenvalue weighted by atomic mass is 10.1.